The molecule has 0 unspecified atom stereocenters. The molecule has 1 heterocycles. The average Bonchev–Trinajstić information content (AvgIpc) is 2.68. The third-order valence-electron chi connectivity index (χ3n) is 3.85. The molecule has 0 atom stereocenters. The molecule has 5 nitrogen and oxygen atoms in total. The normalized spacial score (nSPS) is 10.3. The molecule has 25 heavy (non-hydrogen) atoms. The summed E-state index contributed by atoms with van der Waals surface area (Å²) in [6, 6.07) is 17.8. The Morgan fingerprint density at radius 2 is 1.64 bits per heavy atom. The molecule has 126 valence electrons. The van der Waals surface area contributed by atoms with E-state index in [4.69, 9.17) is 0 Å². The number of hydrogen-bond acceptors (Lipinski definition) is 4. The molecule has 0 saturated heterocycles. The van der Waals surface area contributed by atoms with E-state index in [0.29, 0.717) is 18.1 Å². The Hall–Kier alpha value is -3.21. The smallest absolute Gasteiger partial charge is 0.258 e. The van der Waals surface area contributed by atoms with Gasteiger partial charge in [-0.3, -0.25) is 4.79 Å². The molecule has 1 amide bonds. The summed E-state index contributed by atoms with van der Waals surface area (Å²) in [5.41, 5.74) is 3.49. The average molecular weight is 332 g/mol. The van der Waals surface area contributed by atoms with Gasteiger partial charge in [0.15, 0.2) is 0 Å². The molecular weight excluding hydrogens is 312 g/mol. The van der Waals surface area contributed by atoms with Crippen LogP contribution in [0.1, 0.15) is 28.4 Å². The van der Waals surface area contributed by atoms with Gasteiger partial charge in [0.05, 0.1) is 5.56 Å². The van der Waals surface area contributed by atoms with Crippen LogP contribution in [0, 0.1) is 0 Å². The first-order chi connectivity index (χ1) is 12.3. The summed E-state index contributed by atoms with van der Waals surface area (Å²) in [7, 11) is 0. The van der Waals surface area contributed by atoms with Crippen molar-refractivity contribution in [3.05, 3.63) is 83.7 Å². The highest BCUT2D eigenvalue weighted by Gasteiger charge is 2.09. The lowest BCUT2D eigenvalue weighted by atomic mass is 10.1. The number of nitrogens with zero attached hydrogens (tertiary/aromatic N) is 2. The molecule has 3 aromatic rings. The van der Waals surface area contributed by atoms with Crippen molar-refractivity contribution in [3.8, 4) is 0 Å². The maximum absolute atomic E-state index is 12.4. The Morgan fingerprint density at radius 1 is 0.960 bits per heavy atom. The van der Waals surface area contributed by atoms with Crippen molar-refractivity contribution < 1.29 is 4.79 Å². The molecule has 0 spiro atoms. The number of anilines is 2. The number of carbonyl (C=O) groups is 1. The summed E-state index contributed by atoms with van der Waals surface area (Å²) in [5.74, 6) is 0.282. The van der Waals surface area contributed by atoms with Crippen molar-refractivity contribution in [2.45, 2.75) is 19.9 Å². The SMILES string of the molecule is CCc1ccccc1NC(=O)c1cnc(NCc2ccccc2)nc1. The minimum atomic E-state index is -0.212. The molecule has 2 N–H and O–H groups in total. The lowest BCUT2D eigenvalue weighted by Crippen LogP contribution is -2.14. The summed E-state index contributed by atoms with van der Waals surface area (Å²) in [6.45, 7) is 2.69. The summed E-state index contributed by atoms with van der Waals surface area (Å²) in [6.07, 6.45) is 3.92. The van der Waals surface area contributed by atoms with Crippen LogP contribution in [0.25, 0.3) is 0 Å². The Balaban J connectivity index is 1.62. The van der Waals surface area contributed by atoms with E-state index in [9.17, 15) is 4.79 Å². The van der Waals surface area contributed by atoms with Crippen molar-refractivity contribution in [3.63, 3.8) is 0 Å². The predicted molar refractivity (Wildman–Crippen MR) is 99.6 cm³/mol. The van der Waals surface area contributed by atoms with Gasteiger partial charge in [0.2, 0.25) is 5.95 Å². The minimum absolute atomic E-state index is 0.212. The Labute approximate surface area is 147 Å². The molecule has 0 aliphatic rings. The number of aryl methyl sites for hydroxylation is 1. The zero-order valence-electron chi connectivity index (χ0n) is 14.1. The first-order valence-electron chi connectivity index (χ1n) is 8.25. The number of benzene rings is 2. The van der Waals surface area contributed by atoms with Crippen LogP contribution >= 0.6 is 0 Å². The standard InChI is InChI=1S/C20H20N4O/c1-2-16-10-6-7-11-18(16)24-19(25)17-13-22-20(23-14-17)21-12-15-8-4-3-5-9-15/h3-11,13-14H,2,12H2,1H3,(H,24,25)(H,21,22,23). The Bertz CT molecular complexity index is 832. The highest BCUT2D eigenvalue weighted by Crippen LogP contribution is 2.16. The molecule has 0 aliphatic carbocycles. The number of aromatic nitrogens is 2. The van der Waals surface area contributed by atoms with Crippen LogP contribution in [0.15, 0.2) is 67.0 Å². The van der Waals surface area contributed by atoms with Crippen molar-refractivity contribution in [1.82, 2.24) is 9.97 Å². The fourth-order valence-electron chi connectivity index (χ4n) is 2.46. The van der Waals surface area contributed by atoms with Gasteiger partial charge in [-0.05, 0) is 23.6 Å². The molecule has 3 rings (SSSR count). The van der Waals surface area contributed by atoms with Crippen molar-refractivity contribution in [2.24, 2.45) is 0 Å². The van der Waals surface area contributed by atoms with Crippen molar-refractivity contribution in [1.29, 1.82) is 0 Å². The van der Waals surface area contributed by atoms with Gasteiger partial charge in [-0.15, -0.1) is 0 Å². The van der Waals surface area contributed by atoms with E-state index in [0.717, 1.165) is 23.2 Å². The largest absolute Gasteiger partial charge is 0.350 e. The van der Waals surface area contributed by atoms with Crippen molar-refractivity contribution >= 4 is 17.5 Å². The molecule has 0 saturated carbocycles. The molecule has 0 bridgehead atoms. The van der Waals surface area contributed by atoms with Gasteiger partial charge in [0, 0.05) is 24.6 Å². The highest BCUT2D eigenvalue weighted by atomic mass is 16.1. The molecule has 0 radical (unpaired) electrons. The van der Waals surface area contributed by atoms with E-state index in [-0.39, 0.29) is 5.91 Å². The lowest BCUT2D eigenvalue weighted by molar-refractivity contribution is 0.102. The number of rotatable bonds is 6. The summed E-state index contributed by atoms with van der Waals surface area (Å²) in [5, 5.41) is 6.06. The van der Waals surface area contributed by atoms with Crippen LogP contribution in [0.3, 0.4) is 0 Å². The van der Waals surface area contributed by atoms with E-state index in [2.05, 4.69) is 27.5 Å². The molecule has 0 aliphatic heterocycles. The zero-order chi connectivity index (χ0) is 17.5. The third kappa shape index (κ3) is 4.41. The van der Waals surface area contributed by atoms with Gasteiger partial charge in [-0.1, -0.05) is 55.5 Å². The van der Waals surface area contributed by atoms with E-state index < -0.39 is 0 Å². The minimum Gasteiger partial charge on any atom is -0.350 e. The second kappa shape index (κ2) is 8.06. The van der Waals surface area contributed by atoms with Crippen LogP contribution in [-0.4, -0.2) is 15.9 Å². The topological polar surface area (TPSA) is 66.9 Å². The summed E-state index contributed by atoms with van der Waals surface area (Å²) >= 11 is 0. The van der Waals surface area contributed by atoms with Gasteiger partial charge in [-0.25, -0.2) is 9.97 Å². The van der Waals surface area contributed by atoms with Crippen LogP contribution < -0.4 is 10.6 Å². The van der Waals surface area contributed by atoms with Crippen LogP contribution in [0.5, 0.6) is 0 Å². The molecule has 1 aromatic heterocycles. The predicted octanol–water partition coefficient (Wildman–Crippen LogP) is 3.90. The van der Waals surface area contributed by atoms with Crippen LogP contribution in [0.4, 0.5) is 11.6 Å². The zero-order valence-corrected chi connectivity index (χ0v) is 14.1. The number of carbonyl (C=O) groups excluding carboxylic acids is 1. The van der Waals surface area contributed by atoms with Gasteiger partial charge >= 0.3 is 0 Å². The first-order valence-corrected chi connectivity index (χ1v) is 8.25. The number of para-hydroxylation sites is 1. The fourth-order valence-corrected chi connectivity index (χ4v) is 2.46. The summed E-state index contributed by atoms with van der Waals surface area (Å²) in [4.78, 5) is 20.8. The molecular formula is C20H20N4O. The summed E-state index contributed by atoms with van der Waals surface area (Å²) < 4.78 is 0. The molecule has 2 aromatic carbocycles. The van der Waals surface area contributed by atoms with Crippen LogP contribution in [0.2, 0.25) is 0 Å². The van der Waals surface area contributed by atoms with Gasteiger partial charge in [0.1, 0.15) is 0 Å². The highest BCUT2D eigenvalue weighted by molar-refractivity contribution is 6.04. The number of nitrogens with one attached hydrogen (secondary N) is 2. The quantitative estimate of drug-likeness (QED) is 0.718. The maximum Gasteiger partial charge on any atom is 0.258 e. The van der Waals surface area contributed by atoms with E-state index >= 15 is 0 Å². The first kappa shape index (κ1) is 16.6. The van der Waals surface area contributed by atoms with E-state index in [1.807, 2.05) is 54.6 Å². The molecule has 0 fully saturated rings. The lowest BCUT2D eigenvalue weighted by Gasteiger charge is -2.10. The second-order valence-electron chi connectivity index (χ2n) is 5.60. The van der Waals surface area contributed by atoms with E-state index in [1.165, 1.54) is 12.4 Å². The maximum atomic E-state index is 12.4. The molecule has 5 heteroatoms. The third-order valence-corrected chi connectivity index (χ3v) is 3.85. The Kier molecular flexibility index (Phi) is 5.36. The van der Waals surface area contributed by atoms with E-state index in [1.54, 1.807) is 0 Å². The van der Waals surface area contributed by atoms with Crippen molar-refractivity contribution in [2.75, 3.05) is 10.6 Å². The van der Waals surface area contributed by atoms with Gasteiger partial charge in [0.25, 0.3) is 5.91 Å². The fraction of sp³-hybridized carbons (Fsp3) is 0.150. The monoisotopic (exact) mass is 332 g/mol. The number of hydrogen-bond donors (Lipinski definition) is 2. The second-order valence-corrected chi connectivity index (χ2v) is 5.60. The Morgan fingerprint density at radius 3 is 2.36 bits per heavy atom. The van der Waals surface area contributed by atoms with Gasteiger partial charge in [-0.2, -0.15) is 0 Å². The van der Waals surface area contributed by atoms with Crippen LogP contribution in [-0.2, 0) is 13.0 Å². The number of amides is 1. The van der Waals surface area contributed by atoms with Gasteiger partial charge < -0.3 is 10.6 Å².